The van der Waals surface area contributed by atoms with E-state index in [0.29, 0.717) is 0 Å². The first kappa shape index (κ1) is 31.3. The van der Waals surface area contributed by atoms with Gasteiger partial charge in [-0.3, -0.25) is 19.9 Å². The smallest absolute Gasteiger partial charge is 1.00 e. The largest absolute Gasteiger partial charge is 3.00 e. The van der Waals surface area contributed by atoms with Crippen LogP contribution in [-0.4, -0.2) is 25.4 Å². The Morgan fingerprint density at radius 2 is 0.576 bits per heavy atom. The third-order valence-corrected chi connectivity index (χ3v) is 4.69. The summed E-state index contributed by atoms with van der Waals surface area (Å²) < 4.78 is 0. The number of aromatic nitrogens is 4. The number of hydrogen-bond acceptors (Lipinski definition) is 4. The van der Waals surface area contributed by atoms with Crippen LogP contribution in [0.4, 0.5) is 0 Å². The molecule has 0 aliphatic heterocycles. The maximum absolute atomic E-state index is 4.35. The number of rotatable bonds is 0. The molecule has 9 heteroatoms. The van der Waals surface area contributed by atoms with E-state index in [1.54, 1.807) is 24.8 Å². The number of fused-ring (bicyclic) bond motifs is 6. The molecule has 0 unspecified atom stereocenters. The van der Waals surface area contributed by atoms with Gasteiger partial charge in [0.15, 0.2) is 0 Å². The fraction of sp³-hybridized carbons (Fsp3) is 0. The zero-order valence-corrected chi connectivity index (χ0v) is 22.6. The van der Waals surface area contributed by atoms with Crippen LogP contribution in [0.3, 0.4) is 0 Å². The third-order valence-electron chi connectivity index (χ3n) is 4.69. The summed E-state index contributed by atoms with van der Waals surface area (Å²) in [5, 5.41) is 4.55. The first-order chi connectivity index (χ1) is 13.9. The van der Waals surface area contributed by atoms with Crippen molar-refractivity contribution in [3.05, 3.63) is 97.6 Å². The molecule has 0 amide bonds. The van der Waals surface area contributed by atoms with Gasteiger partial charge in [-0.15, -0.1) is 0 Å². The van der Waals surface area contributed by atoms with E-state index < -0.39 is 0 Å². The second-order valence-corrected chi connectivity index (χ2v) is 6.43. The first-order valence-electron chi connectivity index (χ1n) is 9.07. The van der Waals surface area contributed by atoms with Gasteiger partial charge < -0.3 is 42.7 Å². The van der Waals surface area contributed by atoms with Crippen LogP contribution in [0, 0.1) is 41.7 Å². The Balaban J connectivity index is 0.000000539. The van der Waals surface area contributed by atoms with Crippen molar-refractivity contribution in [3.63, 3.8) is 0 Å². The van der Waals surface area contributed by atoms with Crippen molar-refractivity contribution in [1.82, 2.24) is 19.9 Å². The minimum absolute atomic E-state index is 0. The normalized spacial score (nSPS) is 9.21. The maximum atomic E-state index is 4.35. The van der Waals surface area contributed by atoms with Gasteiger partial charge >= 0.3 is 41.7 Å². The van der Waals surface area contributed by atoms with Crippen LogP contribution in [-0.2, 0) is 0 Å². The Labute approximate surface area is 243 Å². The number of benzene rings is 2. The Morgan fingerprint density at radius 1 is 0.364 bits per heavy atom. The Hall–Kier alpha value is -1.71. The molecule has 165 valence electrons. The second-order valence-electron chi connectivity index (χ2n) is 6.43. The predicted octanol–water partition coefficient (Wildman–Crippen LogP) is -4.25. The Bertz CT molecular complexity index is 1230. The van der Waals surface area contributed by atoms with Crippen LogP contribution in [0.2, 0.25) is 0 Å². The van der Waals surface area contributed by atoms with Gasteiger partial charge in [0.1, 0.15) is 0 Å². The van der Waals surface area contributed by atoms with Crippen molar-refractivity contribution in [2.75, 3.05) is 0 Å². The maximum Gasteiger partial charge on any atom is 3.00 e. The van der Waals surface area contributed by atoms with Crippen molar-refractivity contribution < 1.29 is 84.4 Å². The van der Waals surface area contributed by atoms with Gasteiger partial charge in [0, 0.05) is 46.3 Å². The minimum Gasteiger partial charge on any atom is -1.00 e. The van der Waals surface area contributed by atoms with Crippen LogP contribution in [0.15, 0.2) is 97.6 Å². The molecule has 4 heterocycles. The molecule has 0 aliphatic carbocycles. The van der Waals surface area contributed by atoms with Gasteiger partial charge in [0.05, 0.1) is 22.1 Å². The van der Waals surface area contributed by atoms with Crippen molar-refractivity contribution in [2.45, 2.75) is 0 Å². The number of hydrogen-bond donors (Lipinski definition) is 0. The summed E-state index contributed by atoms with van der Waals surface area (Å²) in [7, 11) is 0. The van der Waals surface area contributed by atoms with Crippen LogP contribution >= 0.6 is 0 Å². The molecule has 4 aromatic heterocycles. The van der Waals surface area contributed by atoms with Gasteiger partial charge in [-0.2, -0.15) is 0 Å². The van der Waals surface area contributed by atoms with E-state index in [1.165, 1.54) is 0 Å². The van der Waals surface area contributed by atoms with E-state index in [1.807, 2.05) is 24.3 Å². The predicted molar refractivity (Wildman–Crippen MR) is 118 cm³/mol. The summed E-state index contributed by atoms with van der Waals surface area (Å²) in [5.74, 6) is 0. The fourth-order valence-electron chi connectivity index (χ4n) is 3.36. The molecule has 0 saturated heterocycles. The number of halogens is 3. The Morgan fingerprint density at radius 3 is 0.788 bits per heavy atom. The van der Waals surface area contributed by atoms with Gasteiger partial charge in [-0.1, -0.05) is 48.5 Å². The molecule has 2 aromatic carbocycles. The third kappa shape index (κ3) is 6.67. The molecule has 6 aromatic rings. The summed E-state index contributed by atoms with van der Waals surface area (Å²) in [6, 6.07) is 24.3. The molecule has 0 bridgehead atoms. The average molecular weight is 625 g/mol. The first-order valence-corrected chi connectivity index (χ1v) is 9.07. The molecule has 0 fully saturated rings. The van der Waals surface area contributed by atoms with E-state index in [-0.39, 0.29) is 84.4 Å². The van der Waals surface area contributed by atoms with Gasteiger partial charge in [-0.25, -0.2) is 0 Å². The van der Waals surface area contributed by atoms with Crippen molar-refractivity contribution >= 4 is 43.6 Å². The molecule has 33 heavy (non-hydrogen) atoms. The molecular formula is C24H18CeCl3N4O. The van der Waals surface area contributed by atoms with Crippen LogP contribution in [0.1, 0.15) is 0 Å². The van der Waals surface area contributed by atoms with E-state index in [0.717, 1.165) is 43.6 Å². The Kier molecular flexibility index (Phi) is 13.8. The van der Waals surface area contributed by atoms with Crippen LogP contribution in [0.5, 0.6) is 0 Å². The van der Waals surface area contributed by atoms with E-state index in [4.69, 9.17) is 0 Å². The molecule has 2 N–H and O–H groups in total. The zero-order chi connectivity index (χ0) is 18.8. The zero-order valence-electron chi connectivity index (χ0n) is 17.2. The molecule has 1 radical (unpaired) electrons. The summed E-state index contributed by atoms with van der Waals surface area (Å²) >= 11 is 0. The standard InChI is InChI=1S/2C12H8N2.Ce.3ClH.H2O/c2*1-3-9-5-6-10-4-2-8-14-12(10)11(9)13-7-1;;;;;/h2*1-8H;;3*1H;1H2/q;;+3;;;;/p-3. The van der Waals surface area contributed by atoms with Crippen molar-refractivity contribution in [3.8, 4) is 0 Å². The number of nitrogens with zero attached hydrogens (tertiary/aromatic N) is 4. The quantitative estimate of drug-likeness (QED) is 0.161. The summed E-state index contributed by atoms with van der Waals surface area (Å²) in [6.45, 7) is 0. The molecule has 0 atom stereocenters. The summed E-state index contributed by atoms with van der Waals surface area (Å²) in [6.07, 6.45) is 7.21. The summed E-state index contributed by atoms with van der Waals surface area (Å²) in [5.41, 5.74) is 3.91. The monoisotopic (exact) mass is 623 g/mol. The number of pyridine rings is 4. The average Bonchev–Trinajstić information content (AvgIpc) is 2.79. The van der Waals surface area contributed by atoms with E-state index in [2.05, 4.69) is 68.5 Å². The van der Waals surface area contributed by atoms with Gasteiger partial charge in [-0.05, 0) is 24.3 Å². The fourth-order valence-corrected chi connectivity index (χ4v) is 3.36. The van der Waals surface area contributed by atoms with Gasteiger partial charge in [0.25, 0.3) is 0 Å². The SMILES string of the molecule is O.[Ce+3].[Cl-].[Cl-].[Cl-].c1cnc2c(c1)ccc1cccnc12.c1cnc2c(c1)ccc1cccnc12. The molecule has 6 rings (SSSR count). The van der Waals surface area contributed by atoms with Crippen LogP contribution < -0.4 is 37.2 Å². The topological polar surface area (TPSA) is 83.1 Å². The van der Waals surface area contributed by atoms with Crippen molar-refractivity contribution in [2.24, 2.45) is 0 Å². The van der Waals surface area contributed by atoms with E-state index >= 15 is 0 Å². The molecule has 0 saturated carbocycles. The molecule has 5 nitrogen and oxygen atoms in total. The second kappa shape index (κ2) is 14.5. The molecular weight excluding hydrogens is 607 g/mol. The summed E-state index contributed by atoms with van der Waals surface area (Å²) in [4.78, 5) is 17.4. The molecule has 0 aliphatic rings. The van der Waals surface area contributed by atoms with Crippen molar-refractivity contribution in [1.29, 1.82) is 0 Å². The van der Waals surface area contributed by atoms with Crippen LogP contribution in [0.25, 0.3) is 43.6 Å². The van der Waals surface area contributed by atoms with Gasteiger partial charge in [0.2, 0.25) is 0 Å². The van der Waals surface area contributed by atoms with E-state index in [9.17, 15) is 0 Å². The minimum atomic E-state index is 0. The molecule has 0 spiro atoms.